The van der Waals surface area contributed by atoms with Crippen molar-refractivity contribution in [2.45, 2.75) is 52.1 Å². The molecule has 17 heavy (non-hydrogen) atoms. The Hall–Kier alpha value is -1.00. The third kappa shape index (κ3) is 2.64. The van der Waals surface area contributed by atoms with E-state index in [0.29, 0.717) is 12.0 Å². The number of fused-ring (bicyclic) bond motifs is 1. The van der Waals surface area contributed by atoms with Crippen LogP contribution in [0.25, 0.3) is 0 Å². The second-order valence-electron chi connectivity index (χ2n) is 4.13. The Kier molecular flexibility index (Phi) is 4.22. The smallest absolute Gasteiger partial charge is 0.272 e. The van der Waals surface area contributed by atoms with Crippen molar-refractivity contribution in [2.24, 2.45) is 7.05 Å². The second kappa shape index (κ2) is 5.10. The lowest BCUT2D eigenvalue weighted by Crippen LogP contribution is -2.13. The highest BCUT2D eigenvalue weighted by molar-refractivity contribution is 5.32. The minimum Gasteiger partial charge on any atom is -0.272 e. The minimum atomic E-state index is -4.32. The highest BCUT2D eigenvalue weighted by Crippen LogP contribution is 2.39. The topological polar surface area (TPSA) is 17.8 Å². The van der Waals surface area contributed by atoms with Crippen molar-refractivity contribution >= 4 is 0 Å². The Morgan fingerprint density at radius 1 is 1.29 bits per heavy atom. The van der Waals surface area contributed by atoms with Crippen molar-refractivity contribution in [1.82, 2.24) is 9.78 Å². The van der Waals surface area contributed by atoms with Crippen molar-refractivity contribution in [2.75, 3.05) is 0 Å². The zero-order chi connectivity index (χ0) is 13.2. The van der Waals surface area contributed by atoms with Gasteiger partial charge < -0.3 is 0 Å². The summed E-state index contributed by atoms with van der Waals surface area (Å²) in [7, 11) is 1.59. The fourth-order valence-electron chi connectivity index (χ4n) is 2.39. The molecule has 1 aliphatic carbocycles. The van der Waals surface area contributed by atoms with Crippen LogP contribution in [0.5, 0.6) is 0 Å². The van der Waals surface area contributed by atoms with Gasteiger partial charge in [-0.25, -0.2) is 0 Å². The Labute approximate surface area is 99.8 Å². The Balaban J connectivity index is 0.000000686. The Morgan fingerprint density at radius 3 is 2.41 bits per heavy atom. The first-order valence-electron chi connectivity index (χ1n) is 6.04. The van der Waals surface area contributed by atoms with Crippen LogP contribution in [-0.2, 0) is 19.6 Å². The summed E-state index contributed by atoms with van der Waals surface area (Å²) in [4.78, 5) is 0. The fraction of sp³-hybridized carbons (Fsp3) is 0.750. The first-order chi connectivity index (χ1) is 7.91. The van der Waals surface area contributed by atoms with Crippen LogP contribution in [0.15, 0.2) is 0 Å². The van der Waals surface area contributed by atoms with Crippen LogP contribution in [0.1, 0.15) is 56.5 Å². The summed E-state index contributed by atoms with van der Waals surface area (Å²) in [6.07, 6.45) is -2.04. The number of alkyl halides is 3. The predicted molar refractivity (Wildman–Crippen MR) is 60.9 cm³/mol. The van der Waals surface area contributed by atoms with Gasteiger partial charge in [-0.2, -0.15) is 18.3 Å². The van der Waals surface area contributed by atoms with Gasteiger partial charge in [-0.05, 0) is 25.2 Å². The maximum Gasteiger partial charge on any atom is 0.435 e. The van der Waals surface area contributed by atoms with Crippen LogP contribution in [0, 0.1) is 0 Å². The molecule has 0 aliphatic heterocycles. The first-order valence-corrected chi connectivity index (χ1v) is 6.04. The molecule has 0 saturated heterocycles. The molecule has 0 N–H and O–H groups in total. The summed E-state index contributed by atoms with van der Waals surface area (Å²) in [5, 5.41) is 3.61. The highest BCUT2D eigenvalue weighted by Gasteiger charge is 2.40. The monoisotopic (exact) mass is 248 g/mol. The fourth-order valence-corrected chi connectivity index (χ4v) is 2.39. The lowest BCUT2D eigenvalue weighted by molar-refractivity contribution is -0.142. The molecule has 1 unspecified atom stereocenters. The van der Waals surface area contributed by atoms with Gasteiger partial charge in [0.2, 0.25) is 0 Å². The molecule has 1 atom stereocenters. The molecule has 98 valence electrons. The molecule has 1 heterocycles. The van der Waals surface area contributed by atoms with Crippen molar-refractivity contribution in [3.05, 3.63) is 17.0 Å². The van der Waals surface area contributed by atoms with Crippen LogP contribution in [-0.4, -0.2) is 9.78 Å². The lowest BCUT2D eigenvalue weighted by atomic mass is 9.88. The van der Waals surface area contributed by atoms with Gasteiger partial charge in [0.05, 0.1) is 0 Å². The standard InChI is InChI=1S/C10H13F3N2.C2H6/c1-6-4-3-5-7-8(6)15(2)14-9(7)10(11,12)13;1-2/h6H,3-5H2,1-2H3;1-2H3. The normalized spacial score (nSPS) is 19.4. The number of halogens is 3. The molecular weight excluding hydrogens is 229 g/mol. The number of hydrogen-bond donors (Lipinski definition) is 0. The van der Waals surface area contributed by atoms with E-state index >= 15 is 0 Å². The largest absolute Gasteiger partial charge is 0.435 e. The maximum atomic E-state index is 12.6. The van der Waals surface area contributed by atoms with E-state index in [1.807, 2.05) is 20.8 Å². The SMILES string of the molecule is CC.CC1CCCc2c(C(F)(F)F)nn(C)c21. The van der Waals surface area contributed by atoms with Gasteiger partial charge in [0, 0.05) is 18.3 Å². The number of aryl methyl sites for hydroxylation is 1. The van der Waals surface area contributed by atoms with Gasteiger partial charge in [0.1, 0.15) is 0 Å². The summed E-state index contributed by atoms with van der Waals surface area (Å²) in [6, 6.07) is 0. The molecule has 2 nitrogen and oxygen atoms in total. The summed E-state index contributed by atoms with van der Waals surface area (Å²) in [6.45, 7) is 5.96. The highest BCUT2D eigenvalue weighted by atomic mass is 19.4. The quantitative estimate of drug-likeness (QED) is 0.680. The van der Waals surface area contributed by atoms with Gasteiger partial charge in [-0.15, -0.1) is 0 Å². The molecule has 0 radical (unpaired) electrons. The zero-order valence-corrected chi connectivity index (χ0v) is 10.7. The lowest BCUT2D eigenvalue weighted by Gasteiger charge is -2.20. The third-order valence-corrected chi connectivity index (χ3v) is 2.99. The van der Waals surface area contributed by atoms with E-state index in [0.717, 1.165) is 18.5 Å². The number of rotatable bonds is 0. The molecule has 1 aromatic rings. The van der Waals surface area contributed by atoms with E-state index in [1.54, 1.807) is 7.05 Å². The van der Waals surface area contributed by atoms with E-state index in [4.69, 9.17) is 0 Å². The average Bonchev–Trinajstić information content (AvgIpc) is 2.60. The van der Waals surface area contributed by atoms with Crippen molar-refractivity contribution in [1.29, 1.82) is 0 Å². The van der Waals surface area contributed by atoms with Crippen molar-refractivity contribution < 1.29 is 13.2 Å². The van der Waals surface area contributed by atoms with Gasteiger partial charge in [-0.1, -0.05) is 20.8 Å². The maximum absolute atomic E-state index is 12.6. The van der Waals surface area contributed by atoms with E-state index in [9.17, 15) is 13.2 Å². The Bertz CT molecular complexity index is 380. The number of aromatic nitrogens is 2. The van der Waals surface area contributed by atoms with E-state index in [-0.39, 0.29) is 5.92 Å². The summed E-state index contributed by atoms with van der Waals surface area (Å²) >= 11 is 0. The van der Waals surface area contributed by atoms with Crippen LogP contribution in [0.4, 0.5) is 13.2 Å². The molecule has 0 amide bonds. The minimum absolute atomic E-state index is 0.183. The van der Waals surface area contributed by atoms with Crippen LogP contribution in [0.2, 0.25) is 0 Å². The zero-order valence-electron chi connectivity index (χ0n) is 10.7. The first kappa shape index (κ1) is 14.1. The number of hydrogen-bond acceptors (Lipinski definition) is 1. The summed E-state index contributed by atoms with van der Waals surface area (Å²) in [5.74, 6) is 0.183. The molecule has 0 saturated carbocycles. The van der Waals surface area contributed by atoms with Crippen molar-refractivity contribution in [3.8, 4) is 0 Å². The Morgan fingerprint density at radius 2 is 1.88 bits per heavy atom. The molecule has 0 fully saturated rings. The van der Waals surface area contributed by atoms with Gasteiger partial charge in [0.15, 0.2) is 5.69 Å². The molecular formula is C12H19F3N2. The van der Waals surface area contributed by atoms with Gasteiger partial charge in [-0.3, -0.25) is 4.68 Å². The van der Waals surface area contributed by atoms with Crippen molar-refractivity contribution in [3.63, 3.8) is 0 Å². The molecule has 1 aromatic heterocycles. The second-order valence-corrected chi connectivity index (χ2v) is 4.13. The summed E-state index contributed by atoms with van der Waals surface area (Å²) in [5.41, 5.74) is 0.476. The van der Waals surface area contributed by atoms with Gasteiger partial charge in [0.25, 0.3) is 0 Å². The molecule has 0 aromatic carbocycles. The van der Waals surface area contributed by atoms with Crippen LogP contribution >= 0.6 is 0 Å². The number of nitrogens with zero attached hydrogens (tertiary/aromatic N) is 2. The van der Waals surface area contributed by atoms with Gasteiger partial charge >= 0.3 is 6.18 Å². The molecule has 0 spiro atoms. The molecule has 0 bridgehead atoms. The summed E-state index contributed by atoms with van der Waals surface area (Å²) < 4.78 is 39.3. The molecule has 2 rings (SSSR count). The van der Waals surface area contributed by atoms with E-state index in [2.05, 4.69) is 5.10 Å². The molecule has 5 heteroatoms. The van der Waals surface area contributed by atoms with Crippen LogP contribution in [0.3, 0.4) is 0 Å². The van der Waals surface area contributed by atoms with E-state index in [1.165, 1.54) is 4.68 Å². The average molecular weight is 248 g/mol. The van der Waals surface area contributed by atoms with Crippen LogP contribution < -0.4 is 0 Å². The predicted octanol–water partition coefficient (Wildman–Crippen LogP) is 3.90. The van der Waals surface area contributed by atoms with E-state index < -0.39 is 11.9 Å². The third-order valence-electron chi connectivity index (χ3n) is 2.99. The molecule has 1 aliphatic rings.